The van der Waals surface area contributed by atoms with Gasteiger partial charge in [0.15, 0.2) is 0 Å². The summed E-state index contributed by atoms with van der Waals surface area (Å²) in [6.07, 6.45) is -4.80. The number of hydrogen-bond donors (Lipinski definition) is 4. The Balaban J connectivity index is 1.72. The lowest BCUT2D eigenvalue weighted by Gasteiger charge is -2.22. The third-order valence-electron chi connectivity index (χ3n) is 4.03. The first-order valence-electron chi connectivity index (χ1n) is 8.51. The zero-order valence-corrected chi connectivity index (χ0v) is 15.1. The summed E-state index contributed by atoms with van der Waals surface area (Å²) in [5.41, 5.74) is -0.603. The average Bonchev–Trinajstić information content (AvgIpc) is 2.67. The van der Waals surface area contributed by atoms with Gasteiger partial charge < -0.3 is 21.1 Å². The fourth-order valence-corrected chi connectivity index (χ4v) is 2.62. The summed E-state index contributed by atoms with van der Waals surface area (Å²) < 4.78 is 38.5. The van der Waals surface area contributed by atoms with Gasteiger partial charge in [0.2, 0.25) is 17.8 Å². The molecule has 0 radical (unpaired) electrons. The summed E-state index contributed by atoms with van der Waals surface area (Å²) in [5.74, 6) is -1.34. The van der Waals surface area contributed by atoms with Gasteiger partial charge in [0.25, 0.3) is 0 Å². The quantitative estimate of drug-likeness (QED) is 0.561. The van der Waals surface area contributed by atoms with Crippen LogP contribution in [0.4, 0.5) is 30.2 Å². The van der Waals surface area contributed by atoms with Gasteiger partial charge in [-0.2, -0.15) is 13.2 Å². The van der Waals surface area contributed by atoms with E-state index >= 15 is 0 Å². The van der Waals surface area contributed by atoms with E-state index in [1.807, 2.05) is 0 Å². The van der Waals surface area contributed by atoms with Crippen molar-refractivity contribution in [2.45, 2.75) is 18.6 Å². The number of alkyl halides is 3. The van der Waals surface area contributed by atoms with Crippen LogP contribution >= 0.6 is 0 Å². The second-order valence-electron chi connectivity index (χ2n) is 6.26. The predicted molar refractivity (Wildman–Crippen MR) is 102 cm³/mol. The Kier molecular flexibility index (Phi) is 5.89. The van der Waals surface area contributed by atoms with Crippen LogP contribution in [0.1, 0.15) is 12.0 Å². The number of guanidine groups is 1. The summed E-state index contributed by atoms with van der Waals surface area (Å²) in [4.78, 5) is 28.4. The van der Waals surface area contributed by atoms with Gasteiger partial charge in [-0.1, -0.05) is 6.07 Å². The van der Waals surface area contributed by atoms with Crippen molar-refractivity contribution < 1.29 is 28.0 Å². The summed E-state index contributed by atoms with van der Waals surface area (Å²) >= 11 is 0. The monoisotopic (exact) mass is 422 g/mol. The van der Waals surface area contributed by atoms with Crippen LogP contribution in [0.15, 0.2) is 53.5 Å². The van der Waals surface area contributed by atoms with Gasteiger partial charge >= 0.3 is 6.18 Å². The molecular weight excluding hydrogens is 407 g/mol. The topological polar surface area (TPSA) is 129 Å². The molecule has 1 aliphatic heterocycles. The zero-order valence-electron chi connectivity index (χ0n) is 15.1. The summed E-state index contributed by atoms with van der Waals surface area (Å²) in [7, 11) is 0. The molecule has 1 atom stereocenters. The molecule has 1 heterocycles. The van der Waals surface area contributed by atoms with Crippen molar-refractivity contribution in [3.05, 3.63) is 59.3 Å². The molecule has 2 aromatic rings. The first-order chi connectivity index (χ1) is 14.1. The molecule has 0 saturated heterocycles. The van der Waals surface area contributed by atoms with E-state index in [9.17, 15) is 28.0 Å². The van der Waals surface area contributed by atoms with Crippen molar-refractivity contribution in [2.24, 2.45) is 4.99 Å². The summed E-state index contributed by atoms with van der Waals surface area (Å²) in [6.45, 7) is 0. The number of benzene rings is 2. The molecule has 2 amide bonds. The maximum atomic E-state index is 12.8. The van der Waals surface area contributed by atoms with E-state index in [0.717, 1.165) is 12.1 Å². The van der Waals surface area contributed by atoms with Gasteiger partial charge in [-0.05, 0) is 42.5 Å². The lowest BCUT2D eigenvalue weighted by molar-refractivity contribution is -0.137. The number of nitrogens with zero attached hydrogens (tertiary/aromatic N) is 2. The molecule has 0 spiro atoms. The minimum atomic E-state index is -4.54. The van der Waals surface area contributed by atoms with Gasteiger partial charge in [-0.3, -0.25) is 20.1 Å². The standard InChI is InChI=1S/C18H15F3N5O4/c19-18(20,21)10-2-1-3-12(8-10)23-17-24-14(9-15(27)25-17)16(28)22-11-4-6-13(7-5-11)26(29)30/h1-8,14,29H,9H2,(H,22,28)(H2,23,24,25,27)/q-1/t14-/m0/s1. The lowest BCUT2D eigenvalue weighted by atomic mass is 10.1. The number of carbonyl (C=O) groups is 2. The largest absolute Gasteiger partial charge is 0.733 e. The molecule has 0 bridgehead atoms. The number of carbonyl (C=O) groups excluding carboxylic acids is 2. The van der Waals surface area contributed by atoms with Crippen molar-refractivity contribution in [3.63, 3.8) is 0 Å². The van der Waals surface area contributed by atoms with Crippen LogP contribution in [-0.4, -0.2) is 29.0 Å². The summed E-state index contributed by atoms with van der Waals surface area (Å²) in [5, 5.41) is 26.7. The number of nitrogens with one attached hydrogen (secondary N) is 3. The molecule has 1 aliphatic rings. The van der Waals surface area contributed by atoms with Crippen LogP contribution in [0.25, 0.3) is 0 Å². The molecule has 0 unspecified atom stereocenters. The van der Waals surface area contributed by atoms with Gasteiger partial charge in [0.05, 0.1) is 17.7 Å². The molecule has 158 valence electrons. The minimum Gasteiger partial charge on any atom is -0.733 e. The Morgan fingerprint density at radius 2 is 1.90 bits per heavy atom. The number of anilines is 3. The minimum absolute atomic E-state index is 0.0340. The van der Waals surface area contributed by atoms with E-state index in [1.54, 1.807) is 0 Å². The molecule has 0 fully saturated rings. The van der Waals surface area contributed by atoms with Crippen LogP contribution in [0.2, 0.25) is 0 Å². The van der Waals surface area contributed by atoms with Crippen LogP contribution in [-0.2, 0) is 15.8 Å². The van der Waals surface area contributed by atoms with E-state index < -0.39 is 29.6 Å². The predicted octanol–water partition coefficient (Wildman–Crippen LogP) is 2.69. The molecule has 3 rings (SSSR count). The van der Waals surface area contributed by atoms with Crippen molar-refractivity contribution in [1.29, 1.82) is 0 Å². The second kappa shape index (κ2) is 8.39. The van der Waals surface area contributed by atoms with Gasteiger partial charge in [-0.25, -0.2) is 4.99 Å². The number of aliphatic imine (C=N–C) groups is 1. The van der Waals surface area contributed by atoms with Crippen molar-refractivity contribution in [2.75, 3.05) is 15.9 Å². The Morgan fingerprint density at radius 1 is 1.20 bits per heavy atom. The van der Waals surface area contributed by atoms with Crippen LogP contribution < -0.4 is 21.2 Å². The smallest absolute Gasteiger partial charge is 0.416 e. The molecule has 0 aromatic heterocycles. The van der Waals surface area contributed by atoms with Crippen LogP contribution in [0.5, 0.6) is 0 Å². The Bertz CT molecular complexity index is 977. The highest BCUT2D eigenvalue weighted by Gasteiger charge is 2.31. The molecule has 2 aromatic carbocycles. The van der Waals surface area contributed by atoms with Crippen molar-refractivity contribution >= 4 is 34.8 Å². The number of hydrogen-bond acceptors (Lipinski definition) is 7. The number of halogens is 3. The second-order valence-corrected chi connectivity index (χ2v) is 6.26. The Labute approximate surface area is 167 Å². The first kappa shape index (κ1) is 21.1. The maximum Gasteiger partial charge on any atom is 0.416 e. The van der Waals surface area contributed by atoms with Crippen molar-refractivity contribution in [1.82, 2.24) is 5.32 Å². The highest BCUT2D eigenvalue weighted by molar-refractivity contribution is 6.10. The van der Waals surface area contributed by atoms with Crippen LogP contribution in [0, 0.1) is 5.21 Å². The van der Waals surface area contributed by atoms with E-state index in [0.29, 0.717) is 5.69 Å². The fourth-order valence-electron chi connectivity index (χ4n) is 2.62. The molecule has 9 nitrogen and oxygen atoms in total. The van der Waals surface area contributed by atoms with Gasteiger partial charge in [0.1, 0.15) is 6.04 Å². The Morgan fingerprint density at radius 3 is 2.53 bits per heavy atom. The molecule has 0 saturated carbocycles. The van der Waals surface area contributed by atoms with Crippen LogP contribution in [0.3, 0.4) is 0 Å². The zero-order chi connectivity index (χ0) is 21.9. The normalized spacial score (nSPS) is 16.4. The van der Waals surface area contributed by atoms with Gasteiger partial charge in [-0.15, -0.1) is 0 Å². The highest BCUT2D eigenvalue weighted by Crippen LogP contribution is 2.30. The molecule has 30 heavy (non-hydrogen) atoms. The van der Waals surface area contributed by atoms with E-state index in [-0.39, 0.29) is 29.0 Å². The SMILES string of the molecule is O=C1C[C@@H](C(=O)Nc2ccc(N([O-])O)cc2)N=C(Nc2cccc(C(F)(F)F)c2)N1. The third-order valence-corrected chi connectivity index (χ3v) is 4.03. The van der Waals surface area contributed by atoms with Crippen molar-refractivity contribution in [3.8, 4) is 0 Å². The number of amides is 2. The molecule has 4 N–H and O–H groups in total. The fraction of sp³-hybridized carbons (Fsp3) is 0.167. The molecule has 12 heteroatoms. The number of rotatable bonds is 4. The van der Waals surface area contributed by atoms with E-state index in [1.165, 1.54) is 36.4 Å². The third kappa shape index (κ3) is 5.24. The highest BCUT2D eigenvalue weighted by atomic mass is 19.4. The average molecular weight is 422 g/mol. The van der Waals surface area contributed by atoms with Gasteiger partial charge in [0, 0.05) is 11.4 Å². The molecule has 0 aliphatic carbocycles. The lowest BCUT2D eigenvalue weighted by Crippen LogP contribution is -2.45. The van der Waals surface area contributed by atoms with E-state index in [2.05, 4.69) is 20.9 Å². The first-order valence-corrected chi connectivity index (χ1v) is 8.51. The Hall–Kier alpha value is -3.64. The maximum absolute atomic E-state index is 12.8. The summed E-state index contributed by atoms with van der Waals surface area (Å²) in [6, 6.07) is 8.43. The van der Waals surface area contributed by atoms with E-state index in [4.69, 9.17) is 5.21 Å². The molecular formula is C18H15F3N5O4-.